The number of rotatable bonds is 4. The van der Waals surface area contributed by atoms with Gasteiger partial charge < -0.3 is 16.0 Å². The Kier molecular flexibility index (Phi) is 4.49. The largest absolute Gasteiger partial charge is 0.359 e. The summed E-state index contributed by atoms with van der Waals surface area (Å²) in [5.74, 6) is -0.353. The summed E-state index contributed by atoms with van der Waals surface area (Å²) in [5.41, 5.74) is 1.92. The van der Waals surface area contributed by atoms with Gasteiger partial charge in [0.1, 0.15) is 0 Å². The van der Waals surface area contributed by atoms with E-state index in [1.165, 1.54) is 0 Å². The highest BCUT2D eigenvalue weighted by Crippen LogP contribution is 2.37. The molecular formula is C16H21N3O3. The third kappa shape index (κ3) is 3.44. The summed E-state index contributed by atoms with van der Waals surface area (Å²) in [7, 11) is 1.56. The van der Waals surface area contributed by atoms with Crippen LogP contribution in [0.2, 0.25) is 0 Å². The first-order chi connectivity index (χ1) is 10.3. The highest BCUT2D eigenvalue weighted by Gasteiger charge is 2.32. The lowest BCUT2D eigenvalue weighted by molar-refractivity contribution is -0.120. The molecule has 6 heteroatoms. The molecule has 1 aromatic rings. The first kappa shape index (κ1) is 16.0. The maximum atomic E-state index is 12.1. The van der Waals surface area contributed by atoms with Crippen LogP contribution >= 0.6 is 0 Å². The van der Waals surface area contributed by atoms with Gasteiger partial charge in [-0.3, -0.25) is 14.4 Å². The average molecular weight is 303 g/mol. The minimum Gasteiger partial charge on any atom is -0.359 e. The van der Waals surface area contributed by atoms with E-state index in [4.69, 9.17) is 0 Å². The van der Waals surface area contributed by atoms with Crippen molar-refractivity contribution in [1.82, 2.24) is 10.6 Å². The van der Waals surface area contributed by atoms with Crippen LogP contribution in [0.4, 0.5) is 5.69 Å². The van der Waals surface area contributed by atoms with Crippen molar-refractivity contribution >= 4 is 23.4 Å². The summed E-state index contributed by atoms with van der Waals surface area (Å²) in [6, 6.07) is 5.24. The SMILES string of the molecule is CNC(=O)CCNC(=O)c1ccc2c(c1)C(C)(C)CC(=O)N2. The van der Waals surface area contributed by atoms with Crippen LogP contribution in [-0.2, 0) is 15.0 Å². The van der Waals surface area contributed by atoms with Gasteiger partial charge in [0, 0.05) is 43.1 Å². The van der Waals surface area contributed by atoms with Gasteiger partial charge in [-0.2, -0.15) is 0 Å². The van der Waals surface area contributed by atoms with Crippen molar-refractivity contribution in [2.24, 2.45) is 0 Å². The molecule has 3 amide bonds. The third-order valence-corrected chi connectivity index (χ3v) is 3.80. The van der Waals surface area contributed by atoms with Crippen LogP contribution in [0.5, 0.6) is 0 Å². The molecule has 0 saturated carbocycles. The van der Waals surface area contributed by atoms with Gasteiger partial charge in [-0.1, -0.05) is 13.8 Å². The molecule has 1 aliphatic rings. The number of fused-ring (bicyclic) bond motifs is 1. The molecular weight excluding hydrogens is 282 g/mol. The number of nitrogens with one attached hydrogen (secondary N) is 3. The molecule has 118 valence electrons. The zero-order valence-corrected chi connectivity index (χ0v) is 13.1. The summed E-state index contributed by atoms with van der Waals surface area (Å²) < 4.78 is 0. The van der Waals surface area contributed by atoms with Gasteiger partial charge in [0.25, 0.3) is 5.91 Å². The van der Waals surface area contributed by atoms with E-state index in [1.807, 2.05) is 19.9 Å². The molecule has 2 rings (SSSR count). The van der Waals surface area contributed by atoms with Gasteiger partial charge in [-0.25, -0.2) is 0 Å². The number of hydrogen-bond donors (Lipinski definition) is 3. The normalized spacial score (nSPS) is 15.5. The highest BCUT2D eigenvalue weighted by molar-refractivity contribution is 5.99. The van der Waals surface area contributed by atoms with E-state index in [-0.39, 0.29) is 36.1 Å². The highest BCUT2D eigenvalue weighted by atomic mass is 16.2. The summed E-state index contributed by atoms with van der Waals surface area (Å²) in [4.78, 5) is 34.9. The summed E-state index contributed by atoms with van der Waals surface area (Å²) in [5, 5.41) is 8.05. The van der Waals surface area contributed by atoms with Crippen LogP contribution < -0.4 is 16.0 Å². The molecule has 1 heterocycles. The Morgan fingerprint density at radius 2 is 2.05 bits per heavy atom. The van der Waals surface area contributed by atoms with Gasteiger partial charge >= 0.3 is 0 Å². The van der Waals surface area contributed by atoms with E-state index >= 15 is 0 Å². The van der Waals surface area contributed by atoms with E-state index in [0.717, 1.165) is 11.3 Å². The monoisotopic (exact) mass is 303 g/mol. The molecule has 1 aromatic carbocycles. The maximum absolute atomic E-state index is 12.1. The van der Waals surface area contributed by atoms with Gasteiger partial charge in [0.2, 0.25) is 11.8 Å². The van der Waals surface area contributed by atoms with Crippen LogP contribution in [0.3, 0.4) is 0 Å². The molecule has 22 heavy (non-hydrogen) atoms. The number of carbonyl (C=O) groups excluding carboxylic acids is 3. The van der Waals surface area contributed by atoms with E-state index < -0.39 is 0 Å². The second-order valence-corrected chi connectivity index (χ2v) is 6.05. The van der Waals surface area contributed by atoms with Gasteiger partial charge in [-0.15, -0.1) is 0 Å². The molecule has 0 atom stereocenters. The summed E-state index contributed by atoms with van der Waals surface area (Å²) in [6.45, 7) is 4.26. The molecule has 0 spiro atoms. The van der Waals surface area contributed by atoms with Gasteiger partial charge in [0.15, 0.2) is 0 Å². The molecule has 0 bridgehead atoms. The summed E-state index contributed by atoms with van der Waals surface area (Å²) >= 11 is 0. The van der Waals surface area contributed by atoms with Crippen molar-refractivity contribution in [3.8, 4) is 0 Å². The van der Waals surface area contributed by atoms with E-state index in [1.54, 1.807) is 19.2 Å². The fraction of sp³-hybridized carbons (Fsp3) is 0.438. The number of amides is 3. The molecule has 0 aromatic heterocycles. The van der Waals surface area contributed by atoms with Crippen LogP contribution in [0.1, 0.15) is 42.6 Å². The molecule has 1 aliphatic heterocycles. The number of hydrogen-bond acceptors (Lipinski definition) is 3. The zero-order chi connectivity index (χ0) is 16.3. The Morgan fingerprint density at radius 1 is 1.32 bits per heavy atom. The van der Waals surface area contributed by atoms with E-state index in [9.17, 15) is 14.4 Å². The molecule has 0 unspecified atom stereocenters. The van der Waals surface area contributed by atoms with Gasteiger partial charge in [-0.05, 0) is 23.8 Å². The predicted molar refractivity (Wildman–Crippen MR) is 83.7 cm³/mol. The lowest BCUT2D eigenvalue weighted by atomic mass is 9.77. The van der Waals surface area contributed by atoms with Crippen LogP contribution in [0.25, 0.3) is 0 Å². The van der Waals surface area contributed by atoms with Gasteiger partial charge in [0.05, 0.1) is 0 Å². The van der Waals surface area contributed by atoms with E-state index in [0.29, 0.717) is 12.0 Å². The fourth-order valence-corrected chi connectivity index (χ4v) is 2.56. The predicted octanol–water partition coefficient (Wildman–Crippen LogP) is 1.17. The molecule has 6 nitrogen and oxygen atoms in total. The minimum absolute atomic E-state index is 0.0136. The topological polar surface area (TPSA) is 87.3 Å². The standard InChI is InChI=1S/C16H21N3O3/c1-16(2)9-14(21)19-12-5-4-10(8-11(12)16)15(22)18-7-6-13(20)17-3/h4-5,8H,6-7,9H2,1-3H3,(H,17,20)(H,18,22)(H,19,21). The second-order valence-electron chi connectivity index (χ2n) is 6.05. The Hall–Kier alpha value is -2.37. The van der Waals surface area contributed by atoms with Crippen molar-refractivity contribution in [2.75, 3.05) is 18.9 Å². The molecule has 0 saturated heterocycles. The molecule has 0 radical (unpaired) electrons. The molecule has 0 aliphatic carbocycles. The lowest BCUT2D eigenvalue weighted by Gasteiger charge is -2.32. The Labute approximate surface area is 129 Å². The van der Waals surface area contributed by atoms with Crippen molar-refractivity contribution in [1.29, 1.82) is 0 Å². The smallest absolute Gasteiger partial charge is 0.251 e. The Bertz CT molecular complexity index is 623. The molecule has 3 N–H and O–H groups in total. The van der Waals surface area contributed by atoms with Crippen LogP contribution in [0.15, 0.2) is 18.2 Å². The van der Waals surface area contributed by atoms with E-state index in [2.05, 4.69) is 16.0 Å². The quantitative estimate of drug-likeness (QED) is 0.780. The Morgan fingerprint density at radius 3 is 2.73 bits per heavy atom. The second kappa shape index (κ2) is 6.17. The first-order valence-electron chi connectivity index (χ1n) is 7.26. The van der Waals surface area contributed by atoms with Crippen molar-refractivity contribution in [3.63, 3.8) is 0 Å². The molecule has 0 fully saturated rings. The van der Waals surface area contributed by atoms with Crippen molar-refractivity contribution in [3.05, 3.63) is 29.3 Å². The lowest BCUT2D eigenvalue weighted by Crippen LogP contribution is -2.33. The maximum Gasteiger partial charge on any atom is 0.251 e. The average Bonchev–Trinajstić information content (AvgIpc) is 2.45. The van der Waals surface area contributed by atoms with Crippen LogP contribution in [-0.4, -0.2) is 31.3 Å². The Balaban J connectivity index is 2.12. The summed E-state index contributed by atoms with van der Waals surface area (Å²) in [6.07, 6.45) is 0.635. The van der Waals surface area contributed by atoms with Crippen molar-refractivity contribution < 1.29 is 14.4 Å². The van der Waals surface area contributed by atoms with Crippen molar-refractivity contribution in [2.45, 2.75) is 32.1 Å². The van der Waals surface area contributed by atoms with Crippen LogP contribution in [0, 0.1) is 0 Å². The number of anilines is 1. The fourth-order valence-electron chi connectivity index (χ4n) is 2.56. The first-order valence-corrected chi connectivity index (χ1v) is 7.26. The zero-order valence-electron chi connectivity index (χ0n) is 13.1. The minimum atomic E-state index is -0.309. The number of benzene rings is 1. The third-order valence-electron chi connectivity index (χ3n) is 3.80. The number of carbonyl (C=O) groups is 3.